The van der Waals surface area contributed by atoms with Crippen molar-refractivity contribution < 1.29 is 18.0 Å². The van der Waals surface area contributed by atoms with E-state index < -0.39 is 17.2 Å². The molecular formula is C19H17F3O. The summed E-state index contributed by atoms with van der Waals surface area (Å²) in [7, 11) is 0. The minimum atomic E-state index is -4.37. The van der Waals surface area contributed by atoms with Crippen molar-refractivity contribution in [2.75, 3.05) is 0 Å². The summed E-state index contributed by atoms with van der Waals surface area (Å²) in [5, 5.41) is 0. The highest BCUT2D eigenvalue weighted by atomic mass is 19.4. The predicted octanol–water partition coefficient (Wildman–Crippen LogP) is 5.27. The standard InChI is InChI=1S/C19H17F3O/c1-18(14-23,13-5-8-15-6-3-2-4-7-15)16-9-11-17(12-10-16)19(20,21)22/h2-12,14H,13H2,1H3/b8-5-/t18-/m1/s1. The Bertz CT molecular complexity index is 672. The molecule has 0 aliphatic rings. The quantitative estimate of drug-likeness (QED) is 0.687. The Kier molecular flexibility index (Phi) is 5.04. The lowest BCUT2D eigenvalue weighted by molar-refractivity contribution is -0.137. The largest absolute Gasteiger partial charge is 0.416 e. The van der Waals surface area contributed by atoms with Gasteiger partial charge in [0, 0.05) is 0 Å². The number of rotatable bonds is 5. The first-order chi connectivity index (χ1) is 10.8. The van der Waals surface area contributed by atoms with Gasteiger partial charge in [0.1, 0.15) is 6.29 Å². The molecule has 0 aliphatic heterocycles. The van der Waals surface area contributed by atoms with Gasteiger partial charge in [0.15, 0.2) is 0 Å². The van der Waals surface area contributed by atoms with Crippen LogP contribution in [0.4, 0.5) is 13.2 Å². The van der Waals surface area contributed by atoms with Crippen LogP contribution >= 0.6 is 0 Å². The van der Waals surface area contributed by atoms with Crippen LogP contribution in [0.1, 0.15) is 30.0 Å². The van der Waals surface area contributed by atoms with E-state index in [0.29, 0.717) is 12.0 Å². The molecule has 2 aromatic rings. The van der Waals surface area contributed by atoms with Crippen LogP contribution < -0.4 is 0 Å². The maximum atomic E-state index is 12.6. The molecule has 0 saturated carbocycles. The Hall–Kier alpha value is -2.36. The summed E-state index contributed by atoms with van der Waals surface area (Å²) >= 11 is 0. The SMILES string of the molecule is C[C@](C=O)(C/C=C\c1ccccc1)c1ccc(C(F)(F)F)cc1. The highest BCUT2D eigenvalue weighted by molar-refractivity contribution is 5.69. The summed E-state index contributed by atoms with van der Waals surface area (Å²) in [6, 6.07) is 14.4. The van der Waals surface area contributed by atoms with Gasteiger partial charge in [-0.3, -0.25) is 0 Å². The number of aldehydes is 1. The van der Waals surface area contributed by atoms with E-state index in [-0.39, 0.29) is 0 Å². The van der Waals surface area contributed by atoms with Gasteiger partial charge < -0.3 is 4.79 Å². The highest BCUT2D eigenvalue weighted by Gasteiger charge is 2.31. The number of hydrogen-bond donors (Lipinski definition) is 0. The molecular weight excluding hydrogens is 301 g/mol. The molecule has 0 bridgehead atoms. The molecule has 2 aromatic carbocycles. The van der Waals surface area contributed by atoms with Crippen molar-refractivity contribution in [3.8, 4) is 0 Å². The van der Waals surface area contributed by atoms with Crippen LogP contribution in [0.25, 0.3) is 6.08 Å². The Morgan fingerprint density at radius 2 is 1.48 bits per heavy atom. The summed E-state index contributed by atoms with van der Waals surface area (Å²) in [5.41, 5.74) is 0.00999. The van der Waals surface area contributed by atoms with Crippen LogP contribution in [0.15, 0.2) is 60.7 Å². The van der Waals surface area contributed by atoms with Gasteiger partial charge in [-0.1, -0.05) is 54.6 Å². The Labute approximate surface area is 133 Å². The Morgan fingerprint density at radius 3 is 2.00 bits per heavy atom. The van der Waals surface area contributed by atoms with Crippen LogP contribution in [0.3, 0.4) is 0 Å². The second-order valence-electron chi connectivity index (χ2n) is 5.63. The number of carbonyl (C=O) groups excluding carboxylic acids is 1. The van der Waals surface area contributed by atoms with Crippen LogP contribution in [-0.4, -0.2) is 6.29 Å². The molecule has 0 fully saturated rings. The van der Waals surface area contributed by atoms with Gasteiger partial charge in [0.2, 0.25) is 0 Å². The van der Waals surface area contributed by atoms with Crippen molar-refractivity contribution in [2.24, 2.45) is 0 Å². The van der Waals surface area contributed by atoms with E-state index in [1.165, 1.54) is 12.1 Å². The van der Waals surface area contributed by atoms with Crippen LogP contribution in [-0.2, 0) is 16.4 Å². The van der Waals surface area contributed by atoms with E-state index in [9.17, 15) is 18.0 Å². The first kappa shape index (κ1) is 17.0. The van der Waals surface area contributed by atoms with Gasteiger partial charge in [0.05, 0.1) is 11.0 Å². The van der Waals surface area contributed by atoms with Crippen molar-refractivity contribution in [1.82, 2.24) is 0 Å². The second kappa shape index (κ2) is 6.82. The molecule has 120 valence electrons. The molecule has 0 saturated heterocycles. The zero-order chi connectivity index (χ0) is 16.9. The van der Waals surface area contributed by atoms with E-state index in [2.05, 4.69) is 0 Å². The third kappa shape index (κ3) is 4.31. The van der Waals surface area contributed by atoms with Crippen LogP contribution in [0.5, 0.6) is 0 Å². The topological polar surface area (TPSA) is 17.1 Å². The number of benzene rings is 2. The zero-order valence-electron chi connectivity index (χ0n) is 12.7. The molecule has 0 aliphatic carbocycles. The molecule has 0 spiro atoms. The highest BCUT2D eigenvalue weighted by Crippen LogP contribution is 2.32. The van der Waals surface area contributed by atoms with E-state index in [1.54, 1.807) is 6.92 Å². The molecule has 23 heavy (non-hydrogen) atoms. The van der Waals surface area contributed by atoms with Gasteiger partial charge in [-0.05, 0) is 36.6 Å². The molecule has 2 rings (SSSR count). The van der Waals surface area contributed by atoms with E-state index in [1.807, 2.05) is 42.5 Å². The van der Waals surface area contributed by atoms with E-state index in [0.717, 1.165) is 24.0 Å². The Balaban J connectivity index is 2.16. The molecule has 0 heterocycles. The number of alkyl halides is 3. The van der Waals surface area contributed by atoms with Crippen molar-refractivity contribution in [3.63, 3.8) is 0 Å². The number of carbonyl (C=O) groups is 1. The maximum Gasteiger partial charge on any atom is 0.416 e. The molecule has 0 unspecified atom stereocenters. The predicted molar refractivity (Wildman–Crippen MR) is 85.0 cm³/mol. The Morgan fingerprint density at radius 1 is 0.913 bits per heavy atom. The summed E-state index contributed by atoms with van der Waals surface area (Å²) in [4.78, 5) is 11.5. The summed E-state index contributed by atoms with van der Waals surface area (Å²) in [6.45, 7) is 1.72. The summed E-state index contributed by atoms with van der Waals surface area (Å²) in [5.74, 6) is 0. The lowest BCUT2D eigenvalue weighted by Crippen LogP contribution is -2.23. The first-order valence-corrected chi connectivity index (χ1v) is 7.21. The fourth-order valence-corrected chi connectivity index (χ4v) is 2.28. The van der Waals surface area contributed by atoms with Gasteiger partial charge in [-0.2, -0.15) is 13.2 Å². The summed E-state index contributed by atoms with van der Waals surface area (Å²) < 4.78 is 37.8. The third-order valence-electron chi connectivity index (χ3n) is 3.78. The molecule has 1 nitrogen and oxygen atoms in total. The van der Waals surface area contributed by atoms with Crippen molar-refractivity contribution in [1.29, 1.82) is 0 Å². The van der Waals surface area contributed by atoms with Gasteiger partial charge in [-0.25, -0.2) is 0 Å². The van der Waals surface area contributed by atoms with Crippen LogP contribution in [0.2, 0.25) is 0 Å². The fourth-order valence-electron chi connectivity index (χ4n) is 2.28. The molecule has 0 N–H and O–H groups in total. The average Bonchev–Trinajstić information content (AvgIpc) is 2.55. The molecule has 1 atom stereocenters. The minimum Gasteiger partial charge on any atom is -0.302 e. The minimum absolute atomic E-state index is 0.413. The normalized spacial score (nSPS) is 14.6. The van der Waals surface area contributed by atoms with Crippen molar-refractivity contribution in [2.45, 2.75) is 24.9 Å². The third-order valence-corrected chi connectivity index (χ3v) is 3.78. The molecule has 0 amide bonds. The lowest BCUT2D eigenvalue weighted by atomic mass is 9.80. The smallest absolute Gasteiger partial charge is 0.302 e. The van der Waals surface area contributed by atoms with Crippen LogP contribution in [0, 0.1) is 0 Å². The van der Waals surface area contributed by atoms with Gasteiger partial charge in [0.25, 0.3) is 0 Å². The fraction of sp³-hybridized carbons (Fsp3) is 0.211. The first-order valence-electron chi connectivity index (χ1n) is 7.21. The molecule has 0 aromatic heterocycles. The monoisotopic (exact) mass is 318 g/mol. The zero-order valence-corrected chi connectivity index (χ0v) is 12.7. The average molecular weight is 318 g/mol. The number of hydrogen-bond acceptors (Lipinski definition) is 1. The van der Waals surface area contributed by atoms with Crippen molar-refractivity contribution >= 4 is 12.4 Å². The van der Waals surface area contributed by atoms with E-state index in [4.69, 9.17) is 0 Å². The van der Waals surface area contributed by atoms with E-state index >= 15 is 0 Å². The lowest BCUT2D eigenvalue weighted by Gasteiger charge is -2.22. The molecule has 0 radical (unpaired) electrons. The molecule has 4 heteroatoms. The summed E-state index contributed by atoms with van der Waals surface area (Å²) in [6.07, 6.45) is 0.582. The second-order valence-corrected chi connectivity index (χ2v) is 5.63. The number of allylic oxidation sites excluding steroid dienone is 1. The maximum absolute atomic E-state index is 12.6. The van der Waals surface area contributed by atoms with Gasteiger partial charge in [-0.15, -0.1) is 0 Å². The number of halogens is 3. The van der Waals surface area contributed by atoms with Crippen molar-refractivity contribution in [3.05, 3.63) is 77.4 Å². The van der Waals surface area contributed by atoms with Gasteiger partial charge >= 0.3 is 6.18 Å².